The Labute approximate surface area is 107 Å². The summed E-state index contributed by atoms with van der Waals surface area (Å²) in [6, 6.07) is 7.96. The van der Waals surface area contributed by atoms with Crippen LogP contribution in [0.1, 0.15) is 19.8 Å². The number of benzene rings is 1. The molecule has 0 N–H and O–H groups in total. The zero-order chi connectivity index (χ0) is 11.8. The first-order valence-corrected chi connectivity index (χ1v) is 6.58. The number of ether oxygens (including phenoxy) is 1. The summed E-state index contributed by atoms with van der Waals surface area (Å²) in [4.78, 5) is 2.31. The Bertz CT molecular complexity index is 304. The van der Waals surface area contributed by atoms with E-state index in [9.17, 15) is 0 Å². The summed E-state index contributed by atoms with van der Waals surface area (Å²) in [5.74, 6) is 0.929. The molecule has 0 atom stereocenters. The summed E-state index contributed by atoms with van der Waals surface area (Å²) in [5, 5.41) is 0. The number of hydrogen-bond acceptors (Lipinski definition) is 2. The molecular formula is C13H20BrNO. The molecule has 16 heavy (non-hydrogen) atoms. The number of likely N-dealkylation sites (N-methyl/N-ethyl adjacent to an activating group) is 1. The predicted octanol–water partition coefficient (Wildman–Crippen LogP) is 3.56. The van der Waals surface area contributed by atoms with E-state index in [2.05, 4.69) is 34.8 Å². The lowest BCUT2D eigenvalue weighted by molar-refractivity contribution is 0.235. The molecule has 0 unspecified atom stereocenters. The van der Waals surface area contributed by atoms with E-state index in [0.717, 1.165) is 29.9 Å². The second-order valence-electron chi connectivity index (χ2n) is 3.96. The Morgan fingerprint density at radius 1 is 1.31 bits per heavy atom. The number of rotatable bonds is 7. The number of unbranched alkanes of at least 4 members (excludes halogenated alkanes) is 1. The smallest absolute Gasteiger partial charge is 0.120 e. The maximum Gasteiger partial charge on any atom is 0.120 e. The Morgan fingerprint density at radius 3 is 2.81 bits per heavy atom. The summed E-state index contributed by atoms with van der Waals surface area (Å²) in [7, 11) is 2.14. The van der Waals surface area contributed by atoms with E-state index in [4.69, 9.17) is 4.74 Å². The van der Waals surface area contributed by atoms with Crippen LogP contribution < -0.4 is 4.74 Å². The quantitative estimate of drug-likeness (QED) is 0.760. The van der Waals surface area contributed by atoms with Crippen molar-refractivity contribution in [3.8, 4) is 5.75 Å². The third-order valence-electron chi connectivity index (χ3n) is 2.43. The Morgan fingerprint density at radius 2 is 2.12 bits per heavy atom. The average Bonchev–Trinajstić information content (AvgIpc) is 2.26. The largest absolute Gasteiger partial charge is 0.492 e. The molecule has 90 valence electrons. The van der Waals surface area contributed by atoms with Crippen LogP contribution in [0, 0.1) is 0 Å². The maximum atomic E-state index is 5.67. The molecule has 0 aromatic heterocycles. The number of halogens is 1. The summed E-state index contributed by atoms with van der Waals surface area (Å²) >= 11 is 3.43. The molecule has 2 nitrogen and oxygen atoms in total. The van der Waals surface area contributed by atoms with E-state index >= 15 is 0 Å². The van der Waals surface area contributed by atoms with Crippen molar-refractivity contribution in [2.45, 2.75) is 19.8 Å². The SMILES string of the molecule is CCCCN(C)CCOc1cccc(Br)c1. The molecular weight excluding hydrogens is 266 g/mol. The van der Waals surface area contributed by atoms with E-state index in [-0.39, 0.29) is 0 Å². The van der Waals surface area contributed by atoms with Crippen molar-refractivity contribution in [1.29, 1.82) is 0 Å². The average molecular weight is 286 g/mol. The van der Waals surface area contributed by atoms with Gasteiger partial charge in [0.1, 0.15) is 12.4 Å². The minimum absolute atomic E-state index is 0.747. The van der Waals surface area contributed by atoms with Crippen molar-refractivity contribution in [3.63, 3.8) is 0 Å². The third kappa shape index (κ3) is 5.52. The van der Waals surface area contributed by atoms with Crippen molar-refractivity contribution in [2.24, 2.45) is 0 Å². The second-order valence-corrected chi connectivity index (χ2v) is 4.88. The second kappa shape index (κ2) is 7.69. The van der Waals surface area contributed by atoms with Crippen molar-refractivity contribution < 1.29 is 4.74 Å². The normalized spacial score (nSPS) is 10.8. The fourth-order valence-electron chi connectivity index (χ4n) is 1.42. The van der Waals surface area contributed by atoms with Crippen LogP contribution in [0.5, 0.6) is 5.75 Å². The molecule has 0 saturated carbocycles. The lowest BCUT2D eigenvalue weighted by Crippen LogP contribution is -2.25. The summed E-state index contributed by atoms with van der Waals surface area (Å²) < 4.78 is 6.73. The summed E-state index contributed by atoms with van der Waals surface area (Å²) in [6.07, 6.45) is 2.50. The van der Waals surface area contributed by atoms with Gasteiger partial charge < -0.3 is 9.64 Å². The van der Waals surface area contributed by atoms with Crippen molar-refractivity contribution >= 4 is 15.9 Å². The van der Waals surface area contributed by atoms with E-state index in [0.29, 0.717) is 0 Å². The van der Waals surface area contributed by atoms with Gasteiger partial charge in [-0.25, -0.2) is 0 Å². The molecule has 1 rings (SSSR count). The zero-order valence-electron chi connectivity index (χ0n) is 10.1. The van der Waals surface area contributed by atoms with Crippen LogP contribution in [0.3, 0.4) is 0 Å². The Balaban J connectivity index is 2.20. The lowest BCUT2D eigenvalue weighted by Gasteiger charge is -2.16. The van der Waals surface area contributed by atoms with Gasteiger partial charge in [0.2, 0.25) is 0 Å². The molecule has 0 saturated heterocycles. The van der Waals surface area contributed by atoms with E-state index in [1.165, 1.54) is 12.8 Å². The van der Waals surface area contributed by atoms with E-state index in [1.807, 2.05) is 24.3 Å². The number of hydrogen-bond donors (Lipinski definition) is 0. The van der Waals surface area contributed by atoms with Crippen molar-refractivity contribution in [1.82, 2.24) is 4.90 Å². The first-order valence-electron chi connectivity index (χ1n) is 5.79. The molecule has 3 heteroatoms. The molecule has 1 aromatic rings. The highest BCUT2D eigenvalue weighted by Crippen LogP contribution is 2.17. The highest BCUT2D eigenvalue weighted by atomic mass is 79.9. The molecule has 0 heterocycles. The van der Waals surface area contributed by atoms with Crippen LogP contribution in [0.25, 0.3) is 0 Å². The first kappa shape index (κ1) is 13.5. The lowest BCUT2D eigenvalue weighted by atomic mass is 10.3. The van der Waals surface area contributed by atoms with Gasteiger partial charge in [-0.15, -0.1) is 0 Å². The summed E-state index contributed by atoms with van der Waals surface area (Å²) in [5.41, 5.74) is 0. The maximum absolute atomic E-state index is 5.67. The Kier molecular flexibility index (Phi) is 6.50. The van der Waals surface area contributed by atoms with Gasteiger partial charge in [-0.05, 0) is 38.2 Å². The summed E-state index contributed by atoms with van der Waals surface area (Å²) in [6.45, 7) is 5.09. The first-order chi connectivity index (χ1) is 7.72. The van der Waals surface area contributed by atoms with Crippen LogP contribution in [0.4, 0.5) is 0 Å². The standard InChI is InChI=1S/C13H20BrNO/c1-3-4-8-15(2)9-10-16-13-7-5-6-12(14)11-13/h5-7,11H,3-4,8-10H2,1-2H3. The zero-order valence-corrected chi connectivity index (χ0v) is 11.7. The molecule has 0 radical (unpaired) electrons. The molecule has 0 aliphatic carbocycles. The van der Waals surface area contributed by atoms with Gasteiger partial charge >= 0.3 is 0 Å². The van der Waals surface area contributed by atoms with Gasteiger partial charge in [-0.1, -0.05) is 35.3 Å². The van der Waals surface area contributed by atoms with Gasteiger partial charge in [-0.2, -0.15) is 0 Å². The molecule has 0 aliphatic heterocycles. The van der Waals surface area contributed by atoms with Gasteiger partial charge in [-0.3, -0.25) is 0 Å². The van der Waals surface area contributed by atoms with E-state index in [1.54, 1.807) is 0 Å². The van der Waals surface area contributed by atoms with Crippen molar-refractivity contribution in [3.05, 3.63) is 28.7 Å². The highest BCUT2D eigenvalue weighted by Gasteiger charge is 1.98. The minimum Gasteiger partial charge on any atom is -0.492 e. The van der Waals surface area contributed by atoms with Gasteiger partial charge in [0.15, 0.2) is 0 Å². The predicted molar refractivity (Wildman–Crippen MR) is 72.0 cm³/mol. The van der Waals surface area contributed by atoms with Crippen LogP contribution in [-0.4, -0.2) is 31.6 Å². The van der Waals surface area contributed by atoms with Crippen LogP contribution >= 0.6 is 15.9 Å². The van der Waals surface area contributed by atoms with Crippen molar-refractivity contribution in [2.75, 3.05) is 26.7 Å². The molecule has 0 spiro atoms. The molecule has 0 fully saturated rings. The third-order valence-corrected chi connectivity index (χ3v) is 2.92. The van der Waals surface area contributed by atoms with Crippen LogP contribution in [0.2, 0.25) is 0 Å². The molecule has 1 aromatic carbocycles. The highest BCUT2D eigenvalue weighted by molar-refractivity contribution is 9.10. The van der Waals surface area contributed by atoms with E-state index < -0.39 is 0 Å². The topological polar surface area (TPSA) is 12.5 Å². The van der Waals surface area contributed by atoms with Gasteiger partial charge in [0, 0.05) is 11.0 Å². The van der Waals surface area contributed by atoms with Gasteiger partial charge in [0.05, 0.1) is 0 Å². The number of nitrogens with zero attached hydrogens (tertiary/aromatic N) is 1. The van der Waals surface area contributed by atoms with Crippen LogP contribution in [-0.2, 0) is 0 Å². The van der Waals surface area contributed by atoms with Crippen LogP contribution in [0.15, 0.2) is 28.7 Å². The molecule has 0 amide bonds. The fourth-order valence-corrected chi connectivity index (χ4v) is 1.79. The minimum atomic E-state index is 0.747. The fraction of sp³-hybridized carbons (Fsp3) is 0.538. The van der Waals surface area contributed by atoms with Gasteiger partial charge in [0.25, 0.3) is 0 Å². The Hall–Kier alpha value is -0.540. The molecule has 0 bridgehead atoms. The monoisotopic (exact) mass is 285 g/mol. The molecule has 0 aliphatic rings.